The smallest absolute Gasteiger partial charge is 0.328 e. The van der Waals surface area contributed by atoms with Crippen molar-refractivity contribution in [3.05, 3.63) is 98.0 Å². The van der Waals surface area contributed by atoms with E-state index in [0.29, 0.717) is 21.8 Å². The predicted molar refractivity (Wildman–Crippen MR) is 148 cm³/mol. The van der Waals surface area contributed by atoms with Crippen molar-refractivity contribution in [3.63, 3.8) is 0 Å². The third-order valence-electron chi connectivity index (χ3n) is 5.62. The Morgan fingerprint density at radius 2 is 1.43 bits per heavy atom. The molecule has 2 N–H and O–H groups in total. The first-order valence-electron chi connectivity index (χ1n) is 11.8. The van der Waals surface area contributed by atoms with Gasteiger partial charge in [-0.15, -0.1) is 0 Å². The number of ether oxygens (including phenoxy) is 1. The lowest BCUT2D eigenvalue weighted by Gasteiger charge is -2.19. The molecule has 1 atom stereocenters. The highest BCUT2D eigenvalue weighted by atomic mass is 35.5. The summed E-state index contributed by atoms with van der Waals surface area (Å²) in [4.78, 5) is 38.5. The summed E-state index contributed by atoms with van der Waals surface area (Å²) in [5.41, 5.74) is 2.46. The number of hydrogen-bond acceptors (Lipinski definition) is 4. The van der Waals surface area contributed by atoms with Crippen molar-refractivity contribution >= 4 is 58.3 Å². The van der Waals surface area contributed by atoms with Crippen molar-refractivity contribution < 1.29 is 19.1 Å². The molecular weight excluding hydrogens is 535 g/mol. The average Bonchev–Trinajstić information content (AvgIpc) is 2.84. The van der Waals surface area contributed by atoms with Crippen molar-refractivity contribution in [2.75, 3.05) is 11.9 Å². The molecule has 0 aliphatic heterocycles. The summed E-state index contributed by atoms with van der Waals surface area (Å²) in [6.07, 6.45) is 1.78. The standard InChI is InChI=1S/C28H27Cl3N2O4/c1-3-4-15-37-28(36)23(33-26(34)24-17(2)7-5-8-20(24)29)16-18-11-13-19(14-12-18)32-27(35)25-21(30)9-6-10-22(25)31/h5-14,23H,3-4,15-16H2,1-2H3,(H,32,35)(H,33,34)/t23-/m0/s1. The minimum absolute atomic E-state index is 0.183. The third-order valence-corrected chi connectivity index (χ3v) is 6.57. The van der Waals surface area contributed by atoms with Gasteiger partial charge in [-0.2, -0.15) is 0 Å². The van der Waals surface area contributed by atoms with Gasteiger partial charge in [-0.05, 0) is 54.8 Å². The molecular formula is C28H27Cl3N2O4. The average molecular weight is 562 g/mol. The number of nitrogens with one attached hydrogen (secondary N) is 2. The van der Waals surface area contributed by atoms with E-state index in [2.05, 4.69) is 10.6 Å². The highest BCUT2D eigenvalue weighted by Crippen LogP contribution is 2.25. The normalized spacial score (nSPS) is 11.5. The van der Waals surface area contributed by atoms with Gasteiger partial charge >= 0.3 is 5.97 Å². The molecule has 0 bridgehead atoms. The quantitative estimate of drug-likeness (QED) is 0.208. The van der Waals surface area contributed by atoms with Gasteiger partial charge in [0.25, 0.3) is 11.8 Å². The van der Waals surface area contributed by atoms with Crippen LogP contribution in [-0.2, 0) is 16.0 Å². The number of unbranched alkanes of at least 4 members (excludes halogenated alkanes) is 1. The highest BCUT2D eigenvalue weighted by Gasteiger charge is 2.25. The Bertz CT molecular complexity index is 1240. The molecule has 37 heavy (non-hydrogen) atoms. The number of carbonyl (C=O) groups excluding carboxylic acids is 3. The second-order valence-corrected chi connectivity index (χ2v) is 9.65. The fourth-order valence-electron chi connectivity index (χ4n) is 3.63. The predicted octanol–water partition coefficient (Wildman–Crippen LogP) is 6.89. The molecule has 6 nitrogen and oxygen atoms in total. The number of rotatable bonds is 10. The summed E-state index contributed by atoms with van der Waals surface area (Å²) in [5, 5.41) is 6.33. The molecule has 0 aliphatic rings. The van der Waals surface area contributed by atoms with Crippen LogP contribution in [0, 0.1) is 6.92 Å². The van der Waals surface area contributed by atoms with Crippen LogP contribution < -0.4 is 10.6 Å². The Labute approximate surface area is 231 Å². The van der Waals surface area contributed by atoms with E-state index in [1.54, 1.807) is 67.6 Å². The van der Waals surface area contributed by atoms with Gasteiger partial charge in [-0.1, -0.05) is 78.5 Å². The fourth-order valence-corrected chi connectivity index (χ4v) is 4.51. The van der Waals surface area contributed by atoms with Gasteiger partial charge in [0.05, 0.1) is 32.8 Å². The number of aryl methyl sites for hydroxylation is 1. The number of benzene rings is 3. The summed E-state index contributed by atoms with van der Waals surface area (Å²) >= 11 is 18.5. The molecule has 194 valence electrons. The van der Waals surface area contributed by atoms with E-state index in [9.17, 15) is 14.4 Å². The molecule has 0 fully saturated rings. The van der Waals surface area contributed by atoms with Crippen molar-refractivity contribution in [2.45, 2.75) is 39.2 Å². The van der Waals surface area contributed by atoms with Crippen LogP contribution >= 0.6 is 34.8 Å². The summed E-state index contributed by atoms with van der Waals surface area (Å²) in [5.74, 6) is -1.43. The number of carbonyl (C=O) groups is 3. The maximum atomic E-state index is 13.0. The first-order chi connectivity index (χ1) is 17.7. The second-order valence-electron chi connectivity index (χ2n) is 8.43. The molecule has 9 heteroatoms. The van der Waals surface area contributed by atoms with E-state index in [1.165, 1.54) is 0 Å². The molecule has 3 rings (SSSR count). The lowest BCUT2D eigenvalue weighted by molar-refractivity contribution is -0.146. The van der Waals surface area contributed by atoms with Crippen LogP contribution in [0.15, 0.2) is 60.7 Å². The number of hydrogen-bond donors (Lipinski definition) is 2. The molecule has 0 aromatic heterocycles. The van der Waals surface area contributed by atoms with Crippen LogP contribution in [0.2, 0.25) is 15.1 Å². The van der Waals surface area contributed by atoms with Crippen LogP contribution in [0.4, 0.5) is 5.69 Å². The summed E-state index contributed by atoms with van der Waals surface area (Å²) in [6, 6.07) is 16.0. The highest BCUT2D eigenvalue weighted by molar-refractivity contribution is 6.40. The molecule has 3 aromatic carbocycles. The van der Waals surface area contributed by atoms with Crippen LogP contribution in [0.25, 0.3) is 0 Å². The van der Waals surface area contributed by atoms with E-state index in [4.69, 9.17) is 39.5 Å². The fraction of sp³-hybridized carbons (Fsp3) is 0.250. The zero-order chi connectivity index (χ0) is 26.9. The molecule has 0 aliphatic carbocycles. The zero-order valence-electron chi connectivity index (χ0n) is 20.4. The molecule has 3 aromatic rings. The summed E-state index contributed by atoms with van der Waals surface area (Å²) in [7, 11) is 0. The zero-order valence-corrected chi connectivity index (χ0v) is 22.7. The number of halogens is 3. The molecule has 0 spiro atoms. The lowest BCUT2D eigenvalue weighted by Crippen LogP contribution is -2.43. The first kappa shape index (κ1) is 28.5. The van der Waals surface area contributed by atoms with Crippen LogP contribution in [0.5, 0.6) is 0 Å². The van der Waals surface area contributed by atoms with Crippen molar-refractivity contribution in [3.8, 4) is 0 Å². The third kappa shape index (κ3) is 7.71. The van der Waals surface area contributed by atoms with Crippen molar-refractivity contribution in [1.29, 1.82) is 0 Å². The van der Waals surface area contributed by atoms with Crippen molar-refractivity contribution in [2.24, 2.45) is 0 Å². The minimum atomic E-state index is -0.928. The van der Waals surface area contributed by atoms with Gasteiger partial charge in [-0.25, -0.2) is 4.79 Å². The maximum absolute atomic E-state index is 13.0. The van der Waals surface area contributed by atoms with Crippen molar-refractivity contribution in [1.82, 2.24) is 5.32 Å². The van der Waals surface area contributed by atoms with E-state index in [1.807, 2.05) is 6.92 Å². The molecule has 0 saturated carbocycles. The van der Waals surface area contributed by atoms with E-state index in [-0.39, 0.29) is 28.6 Å². The number of esters is 1. The topological polar surface area (TPSA) is 84.5 Å². The van der Waals surface area contributed by atoms with Crippen LogP contribution in [0.3, 0.4) is 0 Å². The van der Waals surface area contributed by atoms with Gasteiger partial charge in [0, 0.05) is 12.1 Å². The van der Waals surface area contributed by atoms with E-state index in [0.717, 1.165) is 18.4 Å². The molecule has 2 amide bonds. The Morgan fingerprint density at radius 3 is 2.03 bits per heavy atom. The summed E-state index contributed by atoms with van der Waals surface area (Å²) in [6.45, 7) is 4.04. The summed E-state index contributed by atoms with van der Waals surface area (Å²) < 4.78 is 5.39. The van der Waals surface area contributed by atoms with Gasteiger partial charge in [0.1, 0.15) is 6.04 Å². The molecule has 0 unspecified atom stereocenters. The van der Waals surface area contributed by atoms with Gasteiger partial charge in [0.2, 0.25) is 0 Å². The molecule has 0 saturated heterocycles. The maximum Gasteiger partial charge on any atom is 0.328 e. The monoisotopic (exact) mass is 560 g/mol. The van der Waals surface area contributed by atoms with Crippen LogP contribution in [-0.4, -0.2) is 30.4 Å². The van der Waals surface area contributed by atoms with Gasteiger partial charge in [0.15, 0.2) is 0 Å². The Hall–Kier alpha value is -3.06. The van der Waals surface area contributed by atoms with E-state index >= 15 is 0 Å². The Morgan fingerprint density at radius 1 is 0.838 bits per heavy atom. The van der Waals surface area contributed by atoms with E-state index < -0.39 is 23.8 Å². The number of amides is 2. The first-order valence-corrected chi connectivity index (χ1v) is 12.9. The lowest BCUT2D eigenvalue weighted by atomic mass is 10.0. The Balaban J connectivity index is 1.75. The second kappa shape index (κ2) is 13.5. The Kier molecular flexibility index (Phi) is 10.4. The molecule has 0 heterocycles. The van der Waals surface area contributed by atoms with Gasteiger partial charge in [-0.3, -0.25) is 9.59 Å². The number of anilines is 1. The largest absolute Gasteiger partial charge is 0.464 e. The van der Waals surface area contributed by atoms with Gasteiger partial charge < -0.3 is 15.4 Å². The SMILES string of the molecule is CCCCOC(=O)[C@H](Cc1ccc(NC(=O)c2c(Cl)cccc2Cl)cc1)NC(=O)c1c(C)cccc1Cl. The molecule has 0 radical (unpaired) electrons. The minimum Gasteiger partial charge on any atom is -0.464 e. The van der Waals surface area contributed by atoms with Crippen LogP contribution in [0.1, 0.15) is 51.6 Å².